The van der Waals surface area contributed by atoms with Crippen LogP contribution in [-0.4, -0.2) is 0 Å². The van der Waals surface area contributed by atoms with Crippen LogP contribution < -0.4 is 4.90 Å². The van der Waals surface area contributed by atoms with Crippen molar-refractivity contribution in [3.8, 4) is 44.5 Å². The minimum atomic E-state index is 0.0769. The molecule has 7 aliphatic rings. The highest BCUT2D eigenvalue weighted by atomic mass is 15.1. The van der Waals surface area contributed by atoms with Crippen LogP contribution in [0, 0.1) is 23.7 Å². The van der Waals surface area contributed by atoms with Crippen LogP contribution in [0.15, 0.2) is 164 Å². The molecule has 5 unspecified atom stereocenters. The summed E-state index contributed by atoms with van der Waals surface area (Å²) in [6.45, 7) is 0. The van der Waals surface area contributed by atoms with Gasteiger partial charge in [0.25, 0.3) is 0 Å². The maximum Gasteiger partial charge on any atom is 0.0540 e. The van der Waals surface area contributed by atoms with Gasteiger partial charge in [-0.15, -0.1) is 0 Å². The third kappa shape index (κ3) is 4.99. The topological polar surface area (TPSA) is 3.24 Å². The van der Waals surface area contributed by atoms with Crippen LogP contribution in [0.4, 0.5) is 17.1 Å². The Labute approximate surface area is 356 Å². The lowest BCUT2D eigenvalue weighted by molar-refractivity contribution is 0.0618. The maximum absolute atomic E-state index is 2.70. The zero-order valence-corrected chi connectivity index (χ0v) is 34.6. The summed E-state index contributed by atoms with van der Waals surface area (Å²) in [4.78, 5) is 2.66. The summed E-state index contributed by atoms with van der Waals surface area (Å²) in [5.74, 6) is 3.22. The van der Waals surface area contributed by atoms with Crippen molar-refractivity contribution in [1.82, 2.24) is 0 Å². The Morgan fingerprint density at radius 2 is 0.983 bits per heavy atom. The molecule has 5 atom stereocenters. The molecule has 0 amide bonds. The summed E-state index contributed by atoms with van der Waals surface area (Å²) in [6, 6.07) is 63.5. The SMILES string of the molecule is c1ccc(-c2ccc(N(c3ccc4c(c3)C3(CCCCC3)c3ccccc3-4)c3ccc4c(c3)C3(c5ccccc5-4)C4CCC5CC(C4)CC3C5)c(-c3ccccc3)c2)cc1. The van der Waals surface area contributed by atoms with Crippen molar-refractivity contribution >= 4 is 17.1 Å². The van der Waals surface area contributed by atoms with Crippen molar-refractivity contribution in [3.05, 3.63) is 186 Å². The van der Waals surface area contributed by atoms with E-state index in [1.54, 1.807) is 16.7 Å². The van der Waals surface area contributed by atoms with E-state index in [9.17, 15) is 0 Å². The molecular weight excluding hydrogens is 723 g/mol. The van der Waals surface area contributed by atoms with Crippen molar-refractivity contribution in [2.24, 2.45) is 23.7 Å². The van der Waals surface area contributed by atoms with Gasteiger partial charge in [0.2, 0.25) is 0 Å². The van der Waals surface area contributed by atoms with Crippen LogP contribution in [0.2, 0.25) is 0 Å². The van der Waals surface area contributed by atoms with E-state index in [4.69, 9.17) is 0 Å². The Morgan fingerprint density at radius 3 is 1.75 bits per heavy atom. The second-order valence-electron chi connectivity index (χ2n) is 19.5. The second kappa shape index (κ2) is 13.4. The monoisotopic (exact) mass is 775 g/mol. The number of fused-ring (bicyclic) bond motifs is 9. The molecule has 7 aromatic rings. The zero-order valence-electron chi connectivity index (χ0n) is 34.6. The molecule has 14 rings (SSSR count). The summed E-state index contributed by atoms with van der Waals surface area (Å²) in [5, 5.41) is 0. The van der Waals surface area contributed by atoms with Gasteiger partial charge in [-0.05, 0) is 166 Å². The Kier molecular flexibility index (Phi) is 7.86. The Bertz CT molecular complexity index is 2780. The maximum atomic E-state index is 2.70. The van der Waals surface area contributed by atoms with E-state index < -0.39 is 0 Å². The summed E-state index contributed by atoms with van der Waals surface area (Å²) < 4.78 is 0. The smallest absolute Gasteiger partial charge is 0.0540 e. The van der Waals surface area contributed by atoms with Gasteiger partial charge in [0, 0.05) is 27.8 Å². The number of hydrogen-bond donors (Lipinski definition) is 0. The Balaban J connectivity index is 1.06. The fourth-order valence-corrected chi connectivity index (χ4v) is 14.5. The van der Waals surface area contributed by atoms with Crippen molar-refractivity contribution in [3.63, 3.8) is 0 Å². The fraction of sp³-hybridized carbons (Fsp3) is 0.288. The molecule has 0 saturated heterocycles. The van der Waals surface area contributed by atoms with E-state index >= 15 is 0 Å². The third-order valence-corrected chi connectivity index (χ3v) is 16.7. The Morgan fingerprint density at radius 1 is 0.383 bits per heavy atom. The first kappa shape index (κ1) is 35.1. The molecule has 5 saturated carbocycles. The average Bonchev–Trinajstić information content (AvgIpc) is 3.63. The number of hydrogen-bond acceptors (Lipinski definition) is 1. The van der Waals surface area contributed by atoms with Crippen molar-refractivity contribution < 1.29 is 0 Å². The average molecular weight is 776 g/mol. The van der Waals surface area contributed by atoms with Gasteiger partial charge in [0.1, 0.15) is 0 Å². The molecule has 60 heavy (non-hydrogen) atoms. The fourth-order valence-electron chi connectivity index (χ4n) is 14.5. The van der Waals surface area contributed by atoms with E-state index in [0.717, 1.165) is 11.8 Å². The number of anilines is 3. The largest absolute Gasteiger partial charge is 0.310 e. The highest BCUT2D eigenvalue weighted by Crippen LogP contribution is 2.68. The van der Waals surface area contributed by atoms with Gasteiger partial charge in [-0.25, -0.2) is 0 Å². The predicted octanol–water partition coefficient (Wildman–Crippen LogP) is 15.8. The van der Waals surface area contributed by atoms with Crippen LogP contribution in [0.5, 0.6) is 0 Å². The predicted molar refractivity (Wildman–Crippen MR) is 249 cm³/mol. The van der Waals surface area contributed by atoms with Crippen molar-refractivity contribution in [2.45, 2.75) is 81.5 Å². The molecule has 294 valence electrons. The first-order chi connectivity index (χ1) is 29.7. The first-order valence-electron chi connectivity index (χ1n) is 23.2. The van der Waals surface area contributed by atoms with Crippen LogP contribution in [-0.2, 0) is 10.8 Å². The van der Waals surface area contributed by atoms with Gasteiger partial charge in [-0.1, -0.05) is 153 Å². The van der Waals surface area contributed by atoms with Crippen LogP contribution in [0.1, 0.15) is 92.9 Å². The quantitative estimate of drug-likeness (QED) is 0.168. The van der Waals surface area contributed by atoms with E-state index in [1.165, 1.54) is 138 Å². The van der Waals surface area contributed by atoms with Crippen molar-refractivity contribution in [2.75, 3.05) is 4.90 Å². The van der Waals surface area contributed by atoms with E-state index in [1.807, 2.05) is 0 Å². The van der Waals surface area contributed by atoms with Gasteiger partial charge in [0.05, 0.1) is 5.69 Å². The standard InChI is InChI=1S/C59H53N/c1-4-14-41(15-5-1)43-23-29-57(52(36-43)42-16-6-2-7-17-42)60(46-25-27-50-48-18-8-10-20-53(48)58(55(50)37-46)30-12-3-13-31-58)47-26-28-51-49-19-9-11-21-54(49)59(56(51)38-47)44-24-22-39-32-40(34-44)35-45(59)33-39/h1-2,4-11,14-21,23,25-29,36-40,44-45H,3,12-13,22,24,30-35H2. The first-order valence-corrected chi connectivity index (χ1v) is 23.2. The number of nitrogens with zero attached hydrogens (tertiary/aromatic N) is 1. The van der Waals surface area contributed by atoms with E-state index in [0.29, 0.717) is 11.8 Å². The normalized spacial score (nSPS) is 24.8. The van der Waals surface area contributed by atoms with Gasteiger partial charge < -0.3 is 4.90 Å². The van der Waals surface area contributed by atoms with Crippen molar-refractivity contribution in [1.29, 1.82) is 0 Å². The molecule has 7 aromatic carbocycles. The van der Waals surface area contributed by atoms with Gasteiger partial charge in [-0.3, -0.25) is 0 Å². The van der Waals surface area contributed by atoms with Gasteiger partial charge >= 0.3 is 0 Å². The molecule has 0 radical (unpaired) electrons. The lowest BCUT2D eigenvalue weighted by atomic mass is 9.51. The summed E-state index contributed by atoms with van der Waals surface area (Å²) in [6.07, 6.45) is 14.8. The third-order valence-electron chi connectivity index (χ3n) is 16.7. The number of benzene rings is 7. The highest BCUT2D eigenvalue weighted by Gasteiger charge is 2.59. The minimum Gasteiger partial charge on any atom is -0.310 e. The van der Waals surface area contributed by atoms with Gasteiger partial charge in [-0.2, -0.15) is 0 Å². The van der Waals surface area contributed by atoms with E-state index in [2.05, 4.69) is 169 Å². The molecule has 0 heterocycles. The zero-order chi connectivity index (χ0) is 39.4. The summed E-state index contributed by atoms with van der Waals surface area (Å²) in [5.41, 5.74) is 21.1. The molecule has 1 nitrogen and oxygen atoms in total. The molecule has 7 aliphatic carbocycles. The van der Waals surface area contributed by atoms with Gasteiger partial charge in [0.15, 0.2) is 0 Å². The molecule has 4 bridgehead atoms. The Hall–Kier alpha value is -5.66. The molecular formula is C59H53N. The van der Waals surface area contributed by atoms with Crippen LogP contribution >= 0.6 is 0 Å². The summed E-state index contributed by atoms with van der Waals surface area (Å²) in [7, 11) is 0. The highest BCUT2D eigenvalue weighted by molar-refractivity contribution is 5.94. The molecule has 0 aliphatic heterocycles. The van der Waals surface area contributed by atoms with Crippen LogP contribution in [0.25, 0.3) is 44.5 Å². The second-order valence-corrected chi connectivity index (χ2v) is 19.5. The molecule has 0 N–H and O–H groups in total. The lowest BCUT2D eigenvalue weighted by Gasteiger charge is -2.53. The summed E-state index contributed by atoms with van der Waals surface area (Å²) >= 11 is 0. The number of rotatable bonds is 5. The molecule has 2 spiro atoms. The lowest BCUT2D eigenvalue weighted by Crippen LogP contribution is -2.48. The van der Waals surface area contributed by atoms with Crippen LogP contribution in [0.3, 0.4) is 0 Å². The molecule has 5 fully saturated rings. The van der Waals surface area contributed by atoms with E-state index in [-0.39, 0.29) is 10.8 Å². The molecule has 1 heteroatoms. The molecule has 0 aromatic heterocycles. The minimum absolute atomic E-state index is 0.0769.